The molecule has 1 aliphatic heterocycles. The maximum atomic E-state index is 12.7. The van der Waals surface area contributed by atoms with Gasteiger partial charge in [-0.05, 0) is 68.4 Å². The van der Waals surface area contributed by atoms with Crippen LogP contribution in [0.25, 0.3) is 6.08 Å². The molecule has 0 saturated carbocycles. The molecule has 1 saturated heterocycles. The summed E-state index contributed by atoms with van der Waals surface area (Å²) in [6.07, 6.45) is 1.61. The van der Waals surface area contributed by atoms with Gasteiger partial charge in [-0.2, -0.15) is 0 Å². The first kappa shape index (κ1) is 22.4. The minimum absolute atomic E-state index is 0.250. The van der Waals surface area contributed by atoms with Crippen molar-refractivity contribution in [1.82, 2.24) is 4.90 Å². The van der Waals surface area contributed by atoms with E-state index in [0.717, 1.165) is 22.2 Å². The van der Waals surface area contributed by atoms with E-state index >= 15 is 0 Å². The molecule has 3 rings (SSSR count). The summed E-state index contributed by atoms with van der Waals surface area (Å²) in [4.78, 5) is 38.5. The van der Waals surface area contributed by atoms with Crippen LogP contribution in [0.5, 0.6) is 11.5 Å². The van der Waals surface area contributed by atoms with E-state index in [9.17, 15) is 14.4 Å². The highest BCUT2D eigenvalue weighted by Gasteiger charge is 2.36. The maximum Gasteiger partial charge on any atom is 0.294 e. The summed E-state index contributed by atoms with van der Waals surface area (Å²) < 4.78 is 11.1. The van der Waals surface area contributed by atoms with Gasteiger partial charge in [0.05, 0.1) is 18.1 Å². The highest BCUT2D eigenvalue weighted by Crippen LogP contribution is 2.34. The Morgan fingerprint density at radius 2 is 1.71 bits per heavy atom. The Labute approximate surface area is 185 Å². The zero-order valence-electron chi connectivity index (χ0n) is 17.6. The van der Waals surface area contributed by atoms with Gasteiger partial charge in [-0.1, -0.05) is 23.8 Å². The fourth-order valence-electron chi connectivity index (χ4n) is 2.93. The van der Waals surface area contributed by atoms with Crippen LogP contribution in [0.1, 0.15) is 25.0 Å². The van der Waals surface area contributed by atoms with Gasteiger partial charge in [0.15, 0.2) is 11.5 Å². The number of anilines is 1. The number of carbonyl (C=O) groups excluding carboxylic acids is 3. The Morgan fingerprint density at radius 3 is 2.39 bits per heavy atom. The van der Waals surface area contributed by atoms with E-state index in [1.165, 1.54) is 0 Å². The van der Waals surface area contributed by atoms with Gasteiger partial charge in [0.25, 0.3) is 11.1 Å². The molecule has 1 fully saturated rings. The van der Waals surface area contributed by atoms with Crippen molar-refractivity contribution in [3.05, 3.63) is 58.5 Å². The second-order valence-electron chi connectivity index (χ2n) is 6.75. The summed E-state index contributed by atoms with van der Waals surface area (Å²) in [5.41, 5.74) is 2.37. The molecule has 162 valence electrons. The number of ether oxygens (including phenoxy) is 2. The molecule has 3 amide bonds. The monoisotopic (exact) mass is 440 g/mol. The van der Waals surface area contributed by atoms with Crippen LogP contribution in [0, 0.1) is 6.92 Å². The van der Waals surface area contributed by atoms with Gasteiger partial charge in [0, 0.05) is 5.69 Å². The first-order valence-electron chi connectivity index (χ1n) is 9.92. The van der Waals surface area contributed by atoms with E-state index in [2.05, 4.69) is 5.32 Å². The van der Waals surface area contributed by atoms with Crippen LogP contribution in [0.2, 0.25) is 0 Å². The van der Waals surface area contributed by atoms with Gasteiger partial charge >= 0.3 is 0 Å². The van der Waals surface area contributed by atoms with Crippen molar-refractivity contribution in [3.8, 4) is 11.5 Å². The summed E-state index contributed by atoms with van der Waals surface area (Å²) in [7, 11) is 0. The molecule has 0 aromatic heterocycles. The molecule has 0 bridgehead atoms. The summed E-state index contributed by atoms with van der Waals surface area (Å²) in [5.74, 6) is 0.241. The van der Waals surface area contributed by atoms with Crippen molar-refractivity contribution >= 4 is 40.6 Å². The smallest absolute Gasteiger partial charge is 0.294 e. The van der Waals surface area contributed by atoms with Crippen molar-refractivity contribution in [3.63, 3.8) is 0 Å². The van der Waals surface area contributed by atoms with Crippen LogP contribution >= 0.6 is 11.8 Å². The molecule has 0 unspecified atom stereocenters. The van der Waals surface area contributed by atoms with E-state index < -0.39 is 17.1 Å². The first-order valence-corrected chi connectivity index (χ1v) is 10.7. The highest BCUT2D eigenvalue weighted by atomic mass is 32.2. The molecular formula is C23H24N2O5S. The zero-order chi connectivity index (χ0) is 22.4. The summed E-state index contributed by atoms with van der Waals surface area (Å²) in [6, 6.07) is 12.6. The Hall–Kier alpha value is -3.26. The number of carbonyl (C=O) groups is 3. The number of amides is 3. The number of imide groups is 1. The van der Waals surface area contributed by atoms with Crippen molar-refractivity contribution in [1.29, 1.82) is 0 Å². The molecule has 31 heavy (non-hydrogen) atoms. The summed E-state index contributed by atoms with van der Waals surface area (Å²) >= 11 is 0.807. The molecule has 8 heteroatoms. The van der Waals surface area contributed by atoms with Gasteiger partial charge in [-0.15, -0.1) is 0 Å². The number of benzene rings is 2. The lowest BCUT2D eigenvalue weighted by Crippen LogP contribution is -2.36. The van der Waals surface area contributed by atoms with E-state index in [1.807, 2.05) is 32.9 Å². The van der Waals surface area contributed by atoms with E-state index in [1.54, 1.807) is 36.4 Å². The largest absolute Gasteiger partial charge is 0.490 e. The van der Waals surface area contributed by atoms with E-state index in [-0.39, 0.29) is 11.4 Å². The maximum absolute atomic E-state index is 12.7. The summed E-state index contributed by atoms with van der Waals surface area (Å²) in [6.45, 7) is 6.33. The minimum Gasteiger partial charge on any atom is -0.490 e. The molecule has 1 N–H and O–H groups in total. The lowest BCUT2D eigenvalue weighted by atomic mass is 10.2. The molecule has 0 aliphatic carbocycles. The molecular weight excluding hydrogens is 416 g/mol. The fraction of sp³-hybridized carbons (Fsp3) is 0.261. The standard InChI is InChI=1S/C23H24N2O5S/c1-4-29-18-11-8-16(12-19(18)30-5-2)13-20-22(27)25(23(28)31-20)14-21(26)24-17-9-6-15(3)7-10-17/h6-13H,4-5,14H2,1-3H3,(H,24,26). The highest BCUT2D eigenvalue weighted by molar-refractivity contribution is 8.18. The van der Waals surface area contributed by atoms with Crippen LogP contribution in [0.15, 0.2) is 47.4 Å². The van der Waals surface area contributed by atoms with Crippen LogP contribution in [-0.2, 0) is 9.59 Å². The van der Waals surface area contributed by atoms with Gasteiger partial charge in [0.1, 0.15) is 6.54 Å². The van der Waals surface area contributed by atoms with Crippen LogP contribution in [0.3, 0.4) is 0 Å². The van der Waals surface area contributed by atoms with Crippen LogP contribution in [-0.4, -0.2) is 41.7 Å². The normalized spacial score (nSPS) is 14.8. The molecule has 0 spiro atoms. The van der Waals surface area contributed by atoms with Gasteiger partial charge in [0.2, 0.25) is 5.91 Å². The zero-order valence-corrected chi connectivity index (χ0v) is 18.5. The molecule has 0 atom stereocenters. The fourth-order valence-corrected chi connectivity index (χ4v) is 3.76. The molecule has 7 nitrogen and oxygen atoms in total. The van der Waals surface area contributed by atoms with Crippen molar-refractivity contribution in [2.45, 2.75) is 20.8 Å². The third kappa shape index (κ3) is 5.67. The van der Waals surface area contributed by atoms with Gasteiger partial charge in [-0.3, -0.25) is 19.3 Å². The van der Waals surface area contributed by atoms with Crippen LogP contribution < -0.4 is 14.8 Å². The predicted octanol–water partition coefficient (Wildman–Crippen LogP) is 4.47. The SMILES string of the molecule is CCOc1ccc(C=C2SC(=O)N(CC(=O)Nc3ccc(C)cc3)C2=O)cc1OCC. The molecule has 0 radical (unpaired) electrons. The number of aryl methyl sites for hydroxylation is 1. The third-order valence-corrected chi connectivity index (χ3v) is 5.28. The molecule has 2 aromatic carbocycles. The Balaban J connectivity index is 1.71. The first-order chi connectivity index (χ1) is 14.9. The van der Waals surface area contributed by atoms with Crippen LogP contribution in [0.4, 0.5) is 10.5 Å². The number of thioether (sulfide) groups is 1. The Bertz CT molecular complexity index is 1020. The predicted molar refractivity (Wildman–Crippen MR) is 121 cm³/mol. The van der Waals surface area contributed by atoms with E-state index in [4.69, 9.17) is 9.47 Å². The van der Waals surface area contributed by atoms with Crippen molar-refractivity contribution in [2.24, 2.45) is 0 Å². The Morgan fingerprint density at radius 1 is 1.03 bits per heavy atom. The topological polar surface area (TPSA) is 84.9 Å². The Kier molecular flexibility index (Phi) is 7.36. The second-order valence-corrected chi connectivity index (χ2v) is 7.75. The number of nitrogens with one attached hydrogen (secondary N) is 1. The summed E-state index contributed by atoms with van der Waals surface area (Å²) in [5, 5.41) is 2.22. The quantitative estimate of drug-likeness (QED) is 0.610. The lowest BCUT2D eigenvalue weighted by molar-refractivity contribution is -0.127. The average molecular weight is 441 g/mol. The molecule has 1 aliphatic rings. The minimum atomic E-state index is -0.499. The number of nitrogens with zero attached hydrogens (tertiary/aromatic N) is 1. The number of hydrogen-bond acceptors (Lipinski definition) is 6. The third-order valence-electron chi connectivity index (χ3n) is 4.38. The number of hydrogen-bond donors (Lipinski definition) is 1. The average Bonchev–Trinajstić information content (AvgIpc) is 2.99. The van der Waals surface area contributed by atoms with Crippen molar-refractivity contribution in [2.75, 3.05) is 25.1 Å². The van der Waals surface area contributed by atoms with Gasteiger partial charge < -0.3 is 14.8 Å². The molecule has 2 aromatic rings. The van der Waals surface area contributed by atoms with Crippen molar-refractivity contribution < 1.29 is 23.9 Å². The van der Waals surface area contributed by atoms with Gasteiger partial charge in [-0.25, -0.2) is 0 Å². The molecule has 1 heterocycles. The number of rotatable bonds is 8. The van der Waals surface area contributed by atoms with E-state index in [0.29, 0.717) is 36.0 Å². The second kappa shape index (κ2) is 10.2. The lowest BCUT2D eigenvalue weighted by Gasteiger charge is -2.13.